The first-order valence-corrected chi connectivity index (χ1v) is 5.02. The topological polar surface area (TPSA) is 36.1 Å². The minimum atomic E-state index is -1.68. The largest absolute Gasteiger partial charge is 0.313 e. The van der Waals surface area contributed by atoms with Crippen LogP contribution in [0.4, 0.5) is 0 Å². The summed E-state index contributed by atoms with van der Waals surface area (Å²) >= 11 is 0. The predicted molar refractivity (Wildman–Crippen MR) is 43.1 cm³/mol. The monoisotopic (exact) mass is 145 g/mol. The van der Waals surface area contributed by atoms with Crippen LogP contribution in [0.3, 0.4) is 0 Å². The second-order valence-electron chi connectivity index (χ2n) is 1.76. The van der Waals surface area contributed by atoms with E-state index in [4.69, 9.17) is 0 Å². The number of rotatable bonds is 4. The second kappa shape index (κ2) is 3.79. The Morgan fingerprint density at radius 3 is 1.44 bits per heavy atom. The van der Waals surface area contributed by atoms with Crippen LogP contribution < -0.4 is 14.9 Å². The normalized spacial score (nSPS) is 11.4. The van der Waals surface area contributed by atoms with E-state index in [2.05, 4.69) is 21.5 Å². The molecule has 0 fully saturated rings. The molecule has 54 valence electrons. The molecule has 0 aliphatic rings. The Morgan fingerprint density at radius 2 is 1.44 bits per heavy atom. The number of hydrogen-bond donors (Lipinski definition) is 3. The molecule has 3 nitrogen and oxygen atoms in total. The number of nitrogens with one attached hydrogen (secondary N) is 3. The van der Waals surface area contributed by atoms with E-state index in [9.17, 15) is 0 Å². The van der Waals surface area contributed by atoms with Gasteiger partial charge in [0.15, 0.2) is 0 Å². The molecule has 0 spiro atoms. The molecule has 0 aliphatic carbocycles. The van der Waals surface area contributed by atoms with Gasteiger partial charge in [-0.2, -0.15) is 0 Å². The van der Waals surface area contributed by atoms with Crippen molar-refractivity contribution in [2.24, 2.45) is 0 Å². The van der Waals surface area contributed by atoms with Crippen molar-refractivity contribution in [1.82, 2.24) is 14.9 Å². The van der Waals surface area contributed by atoms with E-state index in [0.717, 1.165) is 0 Å². The molecular formula is C5H15N3Si. The second-order valence-corrected chi connectivity index (χ2v) is 5.29. The van der Waals surface area contributed by atoms with Gasteiger partial charge in [0.2, 0.25) is 0 Å². The molecule has 0 saturated carbocycles. The van der Waals surface area contributed by atoms with Gasteiger partial charge < -0.3 is 14.9 Å². The van der Waals surface area contributed by atoms with E-state index >= 15 is 0 Å². The summed E-state index contributed by atoms with van der Waals surface area (Å²) in [5.74, 6) is 0. The summed E-state index contributed by atoms with van der Waals surface area (Å²) in [5.41, 5.74) is 1.91. The van der Waals surface area contributed by atoms with E-state index in [0.29, 0.717) is 0 Å². The first-order valence-electron chi connectivity index (χ1n) is 2.95. The third kappa shape index (κ3) is 1.91. The molecule has 0 atom stereocenters. The lowest BCUT2D eigenvalue weighted by Crippen LogP contribution is -2.68. The molecule has 3 N–H and O–H groups in total. The fourth-order valence-electron chi connectivity index (χ4n) is 0.681. The third-order valence-corrected chi connectivity index (χ3v) is 4.47. The Bertz CT molecular complexity index is 81.9. The Hall–Kier alpha value is -0.163. The summed E-state index contributed by atoms with van der Waals surface area (Å²) in [4.78, 5) is 9.49. The Balaban J connectivity index is 3.98. The quantitative estimate of drug-likeness (QED) is 0.458. The van der Waals surface area contributed by atoms with Crippen molar-refractivity contribution in [3.63, 3.8) is 0 Å². The van der Waals surface area contributed by atoms with Gasteiger partial charge in [0.05, 0.1) is 0 Å². The van der Waals surface area contributed by atoms with Crippen molar-refractivity contribution >= 4 is 8.56 Å². The molecule has 0 saturated heterocycles. The van der Waals surface area contributed by atoms with Gasteiger partial charge in [-0.25, -0.2) is 0 Å². The zero-order valence-corrected chi connectivity index (χ0v) is 7.28. The lowest BCUT2D eigenvalue weighted by molar-refractivity contribution is 0.940. The van der Waals surface area contributed by atoms with Gasteiger partial charge in [-0.3, -0.25) is 0 Å². The first kappa shape index (κ1) is 8.84. The standard InChI is InChI=1S/C5H15N3Si/c1-5-9(6-2,7-3)8-4/h5-8H,1H2,2-4H3. The molecule has 0 amide bonds. The molecule has 0 aromatic heterocycles. The summed E-state index contributed by atoms with van der Waals surface area (Å²) in [7, 11) is 4.08. The van der Waals surface area contributed by atoms with Crippen LogP contribution in [-0.4, -0.2) is 29.7 Å². The summed E-state index contributed by atoms with van der Waals surface area (Å²) < 4.78 is 0. The lowest BCUT2D eigenvalue weighted by atomic mass is 11.3. The summed E-state index contributed by atoms with van der Waals surface area (Å²) in [6.45, 7) is 3.72. The highest BCUT2D eigenvalue weighted by Gasteiger charge is 2.23. The summed E-state index contributed by atoms with van der Waals surface area (Å²) in [5, 5.41) is 0. The van der Waals surface area contributed by atoms with Gasteiger partial charge in [-0.15, -0.1) is 6.58 Å². The van der Waals surface area contributed by atoms with Crippen LogP contribution in [0.2, 0.25) is 0 Å². The van der Waals surface area contributed by atoms with E-state index in [1.54, 1.807) is 0 Å². The van der Waals surface area contributed by atoms with Gasteiger partial charge in [-0.05, 0) is 21.1 Å². The molecular weight excluding hydrogens is 130 g/mol. The molecule has 4 heteroatoms. The molecule has 0 heterocycles. The van der Waals surface area contributed by atoms with Crippen LogP contribution in [0.1, 0.15) is 0 Å². The zero-order valence-electron chi connectivity index (χ0n) is 6.28. The summed E-state index contributed by atoms with van der Waals surface area (Å²) in [6.07, 6.45) is 0. The van der Waals surface area contributed by atoms with Crippen LogP contribution in [0.5, 0.6) is 0 Å². The first-order chi connectivity index (χ1) is 4.24. The van der Waals surface area contributed by atoms with Crippen LogP contribution in [0.15, 0.2) is 12.3 Å². The van der Waals surface area contributed by atoms with Crippen molar-refractivity contribution in [3.05, 3.63) is 12.3 Å². The maximum absolute atomic E-state index is 3.72. The van der Waals surface area contributed by atoms with Gasteiger partial charge in [-0.1, -0.05) is 5.70 Å². The molecule has 0 bridgehead atoms. The predicted octanol–water partition coefficient (Wildman–Crippen LogP) is -0.691. The van der Waals surface area contributed by atoms with Gasteiger partial charge >= 0.3 is 8.56 Å². The molecule has 0 aliphatic heterocycles. The fourth-order valence-corrected chi connectivity index (χ4v) is 2.04. The van der Waals surface area contributed by atoms with E-state index in [1.165, 1.54) is 0 Å². The molecule has 0 radical (unpaired) electrons. The van der Waals surface area contributed by atoms with Crippen molar-refractivity contribution in [2.75, 3.05) is 21.1 Å². The number of hydrogen-bond acceptors (Lipinski definition) is 3. The highest BCUT2D eigenvalue weighted by atomic mass is 28.4. The molecule has 0 unspecified atom stereocenters. The highest BCUT2D eigenvalue weighted by Crippen LogP contribution is 1.83. The van der Waals surface area contributed by atoms with Crippen molar-refractivity contribution < 1.29 is 0 Å². The molecule has 9 heavy (non-hydrogen) atoms. The average Bonchev–Trinajstić information content (AvgIpc) is 1.95. The Morgan fingerprint density at radius 1 is 1.11 bits per heavy atom. The average molecular weight is 145 g/mol. The van der Waals surface area contributed by atoms with Crippen molar-refractivity contribution in [2.45, 2.75) is 0 Å². The van der Waals surface area contributed by atoms with Gasteiger partial charge in [0.1, 0.15) is 0 Å². The van der Waals surface area contributed by atoms with E-state index < -0.39 is 8.56 Å². The highest BCUT2D eigenvalue weighted by molar-refractivity contribution is 6.77. The molecule has 0 rings (SSSR count). The minimum Gasteiger partial charge on any atom is -0.313 e. The Kier molecular flexibility index (Phi) is 3.72. The minimum absolute atomic E-state index is 1.68. The molecule has 0 aromatic carbocycles. The maximum Gasteiger partial charge on any atom is 0.306 e. The van der Waals surface area contributed by atoms with Crippen LogP contribution in [0.25, 0.3) is 0 Å². The van der Waals surface area contributed by atoms with Crippen molar-refractivity contribution in [1.29, 1.82) is 0 Å². The third-order valence-electron chi connectivity index (χ3n) is 1.49. The van der Waals surface area contributed by atoms with E-state index in [1.807, 2.05) is 26.8 Å². The maximum atomic E-state index is 3.72. The zero-order chi connectivity index (χ0) is 7.33. The smallest absolute Gasteiger partial charge is 0.306 e. The fraction of sp³-hybridized carbons (Fsp3) is 0.600. The SMILES string of the molecule is C=C[Si](NC)(NC)NC. The van der Waals surface area contributed by atoms with Crippen molar-refractivity contribution in [3.8, 4) is 0 Å². The summed E-state index contributed by atoms with van der Waals surface area (Å²) in [6, 6.07) is 0. The van der Waals surface area contributed by atoms with Crippen LogP contribution >= 0.6 is 0 Å². The van der Waals surface area contributed by atoms with E-state index in [-0.39, 0.29) is 0 Å². The van der Waals surface area contributed by atoms with Gasteiger partial charge in [0, 0.05) is 0 Å². The lowest BCUT2D eigenvalue weighted by Gasteiger charge is -2.24. The van der Waals surface area contributed by atoms with Crippen LogP contribution in [-0.2, 0) is 0 Å². The van der Waals surface area contributed by atoms with Crippen LogP contribution in [0, 0.1) is 0 Å². The Labute approximate surface area is 57.8 Å². The van der Waals surface area contributed by atoms with Gasteiger partial charge in [0.25, 0.3) is 0 Å². The molecule has 0 aromatic rings.